The summed E-state index contributed by atoms with van der Waals surface area (Å²) in [5, 5.41) is 14.1. The summed E-state index contributed by atoms with van der Waals surface area (Å²) in [4.78, 5) is 4.11. The van der Waals surface area contributed by atoms with E-state index in [-0.39, 0.29) is 17.3 Å². The Morgan fingerprint density at radius 2 is 2.00 bits per heavy atom. The van der Waals surface area contributed by atoms with Crippen LogP contribution in [-0.4, -0.2) is 35.0 Å². The topological polar surface area (TPSA) is 93.3 Å². The number of rotatable bonds is 7. The first-order valence-corrected chi connectivity index (χ1v) is 9.49. The molecule has 0 saturated heterocycles. The number of nitrogens with zero attached hydrogens (tertiary/aromatic N) is 2. The number of aliphatic hydroxyl groups is 1. The monoisotopic (exact) mass is 316 g/mol. The number of aryl methyl sites for hydroxylation is 1. The van der Waals surface area contributed by atoms with E-state index in [1.54, 1.807) is 0 Å². The summed E-state index contributed by atoms with van der Waals surface area (Å²) >= 11 is 0. The van der Waals surface area contributed by atoms with Crippen LogP contribution in [0.2, 0.25) is 0 Å². The Bertz CT molecular complexity index is 547. The van der Waals surface area contributed by atoms with E-state index in [0.717, 1.165) is 32.1 Å². The second kappa shape index (κ2) is 6.87. The summed E-state index contributed by atoms with van der Waals surface area (Å²) in [5.74, 6) is 0.211. The maximum atomic E-state index is 12.2. The van der Waals surface area contributed by atoms with Gasteiger partial charge in [0.05, 0.1) is 11.4 Å². The van der Waals surface area contributed by atoms with Gasteiger partial charge in [0.1, 0.15) is 5.75 Å². The quantitative estimate of drug-likeness (QED) is 0.827. The molecule has 21 heavy (non-hydrogen) atoms. The summed E-state index contributed by atoms with van der Waals surface area (Å²) < 4.78 is 29.5. The van der Waals surface area contributed by atoms with Gasteiger partial charge in [-0.3, -0.25) is 0 Å². The number of unbranched alkanes of at least 4 members (excludes halogenated alkanes) is 1. The summed E-state index contributed by atoms with van der Waals surface area (Å²) in [6.07, 6.45) is 6.57. The molecule has 0 bridgehead atoms. The Balaban J connectivity index is 1.95. The molecule has 1 fully saturated rings. The van der Waals surface area contributed by atoms with Gasteiger partial charge in [0, 0.05) is 6.42 Å². The molecule has 0 radical (unpaired) electrons. The Morgan fingerprint density at radius 3 is 2.67 bits per heavy atom. The van der Waals surface area contributed by atoms with Crippen molar-refractivity contribution < 1.29 is 18.0 Å². The lowest BCUT2D eigenvalue weighted by atomic mass is 9.86. The van der Waals surface area contributed by atoms with Crippen LogP contribution < -0.4 is 0 Å². The van der Waals surface area contributed by atoms with Gasteiger partial charge in [-0.05, 0) is 19.3 Å². The third-order valence-corrected chi connectivity index (χ3v) is 5.55. The number of sulfone groups is 1. The Kier molecular flexibility index (Phi) is 5.37. The van der Waals surface area contributed by atoms with Gasteiger partial charge in [0.15, 0.2) is 15.7 Å². The smallest absolute Gasteiger partial charge is 0.226 e. The van der Waals surface area contributed by atoms with Gasteiger partial charge < -0.3 is 9.63 Å². The van der Waals surface area contributed by atoms with E-state index in [1.165, 1.54) is 0 Å². The highest BCUT2D eigenvalue weighted by molar-refractivity contribution is 7.90. The fraction of sp³-hybridized carbons (Fsp3) is 0.857. The van der Waals surface area contributed by atoms with Gasteiger partial charge in [-0.1, -0.05) is 37.8 Å². The highest BCUT2D eigenvalue weighted by Crippen LogP contribution is 2.29. The molecule has 1 aliphatic rings. The predicted octanol–water partition coefficient (Wildman–Crippen LogP) is 2.02. The molecule has 1 N–H and O–H groups in total. The molecule has 0 atom stereocenters. The minimum atomic E-state index is -3.43. The van der Waals surface area contributed by atoms with Crippen LogP contribution in [0.25, 0.3) is 0 Å². The Hall–Kier alpha value is -0.950. The normalized spacial score (nSPS) is 18.8. The largest absolute Gasteiger partial charge is 0.389 e. The van der Waals surface area contributed by atoms with Gasteiger partial charge in [0.2, 0.25) is 5.89 Å². The molecular weight excluding hydrogens is 292 g/mol. The third kappa shape index (κ3) is 5.07. The van der Waals surface area contributed by atoms with Crippen molar-refractivity contribution in [2.24, 2.45) is 0 Å². The van der Waals surface area contributed by atoms with Crippen molar-refractivity contribution in [3.05, 3.63) is 11.7 Å². The van der Waals surface area contributed by atoms with Gasteiger partial charge in [-0.2, -0.15) is 4.98 Å². The Labute approximate surface area is 125 Å². The van der Waals surface area contributed by atoms with Crippen LogP contribution in [0.4, 0.5) is 0 Å². The first-order chi connectivity index (χ1) is 9.92. The minimum absolute atomic E-state index is 0.195. The van der Waals surface area contributed by atoms with Crippen LogP contribution in [0, 0.1) is 0 Å². The lowest BCUT2D eigenvalue weighted by Crippen LogP contribution is -2.39. The van der Waals surface area contributed by atoms with Crippen LogP contribution >= 0.6 is 0 Å². The molecule has 0 spiro atoms. The predicted molar refractivity (Wildman–Crippen MR) is 78.4 cm³/mol. The first kappa shape index (κ1) is 16.4. The molecular formula is C14H24N2O4S. The Morgan fingerprint density at radius 1 is 1.29 bits per heavy atom. The highest BCUT2D eigenvalue weighted by atomic mass is 32.2. The van der Waals surface area contributed by atoms with Crippen molar-refractivity contribution in [3.63, 3.8) is 0 Å². The minimum Gasteiger partial charge on any atom is -0.389 e. The van der Waals surface area contributed by atoms with E-state index in [4.69, 9.17) is 4.52 Å². The SMILES string of the molecule is CCCCc1nc(CS(=O)(=O)CC2(O)CCCCC2)no1. The molecule has 6 nitrogen and oxygen atoms in total. The zero-order valence-corrected chi connectivity index (χ0v) is 13.4. The molecule has 0 amide bonds. The van der Waals surface area contributed by atoms with E-state index in [9.17, 15) is 13.5 Å². The van der Waals surface area contributed by atoms with E-state index in [2.05, 4.69) is 17.1 Å². The zero-order chi connectivity index (χ0) is 15.3. The molecule has 0 unspecified atom stereocenters. The van der Waals surface area contributed by atoms with Crippen molar-refractivity contribution in [1.29, 1.82) is 0 Å². The standard InChI is InChI=1S/C14H24N2O4S/c1-2-3-7-13-15-12(16-20-13)10-21(18,19)11-14(17)8-5-4-6-9-14/h17H,2-11H2,1H3. The third-order valence-electron chi connectivity index (χ3n) is 3.88. The van der Waals surface area contributed by atoms with Gasteiger partial charge in [-0.15, -0.1) is 0 Å². The van der Waals surface area contributed by atoms with Gasteiger partial charge in [-0.25, -0.2) is 8.42 Å². The molecule has 1 saturated carbocycles. The summed E-state index contributed by atoms with van der Waals surface area (Å²) in [6, 6.07) is 0. The van der Waals surface area contributed by atoms with Crippen LogP contribution in [-0.2, 0) is 22.0 Å². The maximum Gasteiger partial charge on any atom is 0.226 e. The highest BCUT2D eigenvalue weighted by Gasteiger charge is 2.35. The van der Waals surface area contributed by atoms with Crippen molar-refractivity contribution in [3.8, 4) is 0 Å². The second-order valence-electron chi connectivity index (χ2n) is 6.03. The van der Waals surface area contributed by atoms with Gasteiger partial charge >= 0.3 is 0 Å². The average Bonchev–Trinajstić information content (AvgIpc) is 2.82. The van der Waals surface area contributed by atoms with E-state index in [0.29, 0.717) is 25.2 Å². The first-order valence-electron chi connectivity index (χ1n) is 7.67. The second-order valence-corrected chi connectivity index (χ2v) is 8.09. The van der Waals surface area contributed by atoms with Crippen LogP contribution in [0.1, 0.15) is 63.6 Å². The molecule has 1 heterocycles. The van der Waals surface area contributed by atoms with Crippen molar-refractivity contribution >= 4 is 9.84 Å². The number of aromatic nitrogens is 2. The van der Waals surface area contributed by atoms with Crippen molar-refractivity contribution in [1.82, 2.24) is 10.1 Å². The van der Waals surface area contributed by atoms with Crippen LogP contribution in [0.3, 0.4) is 0 Å². The van der Waals surface area contributed by atoms with Crippen molar-refractivity contribution in [2.75, 3.05) is 5.75 Å². The summed E-state index contributed by atoms with van der Waals surface area (Å²) in [7, 11) is -3.43. The molecule has 0 aliphatic heterocycles. The van der Waals surface area contributed by atoms with E-state index in [1.807, 2.05) is 0 Å². The maximum absolute atomic E-state index is 12.2. The molecule has 2 rings (SSSR count). The average molecular weight is 316 g/mol. The molecule has 1 aliphatic carbocycles. The molecule has 1 aromatic rings. The van der Waals surface area contributed by atoms with Crippen molar-refractivity contribution in [2.45, 2.75) is 69.6 Å². The summed E-state index contributed by atoms with van der Waals surface area (Å²) in [5.41, 5.74) is -1.08. The van der Waals surface area contributed by atoms with E-state index >= 15 is 0 Å². The molecule has 0 aromatic carbocycles. The number of hydrogen-bond acceptors (Lipinski definition) is 6. The van der Waals surface area contributed by atoms with Gasteiger partial charge in [0.25, 0.3) is 0 Å². The zero-order valence-electron chi connectivity index (χ0n) is 12.5. The van der Waals surface area contributed by atoms with E-state index < -0.39 is 15.4 Å². The number of hydrogen-bond donors (Lipinski definition) is 1. The van der Waals surface area contributed by atoms with Crippen LogP contribution in [0.15, 0.2) is 4.52 Å². The fourth-order valence-electron chi connectivity index (χ4n) is 2.79. The summed E-state index contributed by atoms with van der Waals surface area (Å²) in [6.45, 7) is 2.06. The molecule has 1 aromatic heterocycles. The molecule has 120 valence electrons. The lowest BCUT2D eigenvalue weighted by Gasteiger charge is -2.31. The van der Waals surface area contributed by atoms with Crippen LogP contribution in [0.5, 0.6) is 0 Å². The lowest BCUT2D eigenvalue weighted by molar-refractivity contribution is 0.0257. The molecule has 7 heteroatoms. The fourth-order valence-corrected chi connectivity index (χ4v) is 4.51.